The molecule has 2 aliphatic rings. The van der Waals surface area contributed by atoms with E-state index in [0.29, 0.717) is 11.7 Å². The zero-order chi connectivity index (χ0) is 13.5. The SMILES string of the molecule is CC12CCC(CC1=O)C2(C)C.COS(=O)(=O)[O-].[NH4+]. The summed E-state index contributed by atoms with van der Waals surface area (Å²) in [5.41, 5.74) is 0.307. The van der Waals surface area contributed by atoms with E-state index in [0.717, 1.165) is 20.0 Å². The van der Waals surface area contributed by atoms with E-state index in [9.17, 15) is 17.8 Å². The third-order valence-corrected chi connectivity index (χ3v) is 5.10. The average Bonchev–Trinajstić information content (AvgIpc) is 2.50. The third-order valence-electron chi connectivity index (χ3n) is 4.69. The van der Waals surface area contributed by atoms with E-state index >= 15 is 0 Å². The topological polar surface area (TPSA) is 120 Å². The van der Waals surface area contributed by atoms with Crippen LogP contribution in [0, 0.1) is 16.7 Å². The smallest absolute Gasteiger partial charge is 0.217 e. The lowest BCUT2D eigenvalue weighted by atomic mass is 9.70. The van der Waals surface area contributed by atoms with Crippen molar-refractivity contribution in [2.45, 2.75) is 40.0 Å². The lowest BCUT2D eigenvalue weighted by molar-refractivity contribution is -0.128. The van der Waals surface area contributed by atoms with E-state index < -0.39 is 10.4 Å². The Morgan fingerprint density at radius 1 is 1.33 bits per heavy atom. The molecule has 0 spiro atoms. The van der Waals surface area contributed by atoms with Crippen molar-refractivity contribution in [2.75, 3.05) is 7.11 Å². The molecule has 2 saturated carbocycles. The molecule has 2 bridgehead atoms. The van der Waals surface area contributed by atoms with Crippen molar-refractivity contribution >= 4 is 16.2 Å². The van der Waals surface area contributed by atoms with Gasteiger partial charge < -0.3 is 10.7 Å². The Balaban J connectivity index is 0.000000362. The lowest BCUT2D eigenvalue weighted by Gasteiger charge is -2.32. The number of fused-ring (bicyclic) bond motifs is 2. The molecule has 2 aliphatic carbocycles. The first kappa shape index (κ1) is 17.5. The number of hydrogen-bond donors (Lipinski definition) is 1. The maximum atomic E-state index is 11.6. The maximum Gasteiger partial charge on any atom is 0.217 e. The standard InChI is InChI=1S/C10H16O.CH4O4S.H3N/c1-9(2)7-4-5-10(9,3)8(11)6-7;1-5-6(2,3)4;/h7H,4-6H2,1-3H3;1H3,(H,2,3,4);1H3. The number of Topliss-reactive ketones (excluding diaryl/α,β-unsaturated/α-hetero) is 1. The molecule has 0 aliphatic heterocycles. The van der Waals surface area contributed by atoms with Gasteiger partial charge in [-0.05, 0) is 24.2 Å². The zero-order valence-electron chi connectivity index (χ0n) is 11.6. The van der Waals surface area contributed by atoms with E-state index in [2.05, 4.69) is 25.0 Å². The van der Waals surface area contributed by atoms with Crippen molar-refractivity contribution in [3.8, 4) is 0 Å². The summed E-state index contributed by atoms with van der Waals surface area (Å²) in [6, 6.07) is 0. The van der Waals surface area contributed by atoms with Gasteiger partial charge in [0.05, 0.1) is 7.11 Å². The van der Waals surface area contributed by atoms with Crippen LogP contribution in [0.25, 0.3) is 0 Å². The molecular weight excluding hydrogens is 258 g/mol. The van der Waals surface area contributed by atoms with Crippen LogP contribution in [0.4, 0.5) is 0 Å². The Bertz CT molecular complexity index is 417. The van der Waals surface area contributed by atoms with Gasteiger partial charge in [-0.3, -0.25) is 8.98 Å². The van der Waals surface area contributed by atoms with Crippen molar-refractivity contribution < 1.29 is 21.9 Å². The molecular formula is C11H23NO5S. The fourth-order valence-electron chi connectivity index (χ4n) is 2.90. The maximum absolute atomic E-state index is 11.6. The normalized spacial score (nSPS) is 32.5. The highest BCUT2D eigenvalue weighted by molar-refractivity contribution is 7.80. The summed E-state index contributed by atoms with van der Waals surface area (Å²) in [5, 5.41) is 0. The van der Waals surface area contributed by atoms with Gasteiger partial charge in [-0.1, -0.05) is 20.8 Å². The summed E-state index contributed by atoms with van der Waals surface area (Å²) >= 11 is 0. The highest BCUT2D eigenvalue weighted by atomic mass is 32.3. The summed E-state index contributed by atoms with van der Waals surface area (Å²) < 4.78 is 31.0. The Kier molecular flexibility index (Phi) is 5.10. The Labute approximate surface area is 109 Å². The first-order valence-corrected chi connectivity index (χ1v) is 6.92. The van der Waals surface area contributed by atoms with Crippen LogP contribution in [-0.4, -0.2) is 25.9 Å². The van der Waals surface area contributed by atoms with Crippen LogP contribution in [0.15, 0.2) is 0 Å². The first-order chi connectivity index (χ1) is 7.54. The third kappa shape index (κ3) is 2.90. The van der Waals surface area contributed by atoms with Crippen LogP contribution in [0.2, 0.25) is 0 Å². The molecule has 108 valence electrons. The second kappa shape index (κ2) is 5.24. The number of carbonyl (C=O) groups excluding carboxylic acids is 1. The fourth-order valence-corrected chi connectivity index (χ4v) is 2.90. The molecule has 18 heavy (non-hydrogen) atoms. The van der Waals surface area contributed by atoms with Crippen LogP contribution in [-0.2, 0) is 19.4 Å². The van der Waals surface area contributed by atoms with Crippen LogP contribution in [0.3, 0.4) is 0 Å². The molecule has 0 aromatic rings. The molecule has 7 heteroatoms. The van der Waals surface area contributed by atoms with E-state index in [1.54, 1.807) is 0 Å². The summed E-state index contributed by atoms with van der Waals surface area (Å²) in [4.78, 5) is 11.6. The number of carbonyl (C=O) groups is 1. The largest absolute Gasteiger partial charge is 0.726 e. The van der Waals surface area contributed by atoms with Crippen molar-refractivity contribution in [1.82, 2.24) is 6.15 Å². The number of quaternary nitrogens is 1. The molecule has 0 radical (unpaired) electrons. The van der Waals surface area contributed by atoms with Crippen molar-refractivity contribution in [2.24, 2.45) is 16.7 Å². The summed E-state index contributed by atoms with van der Waals surface area (Å²) in [6.45, 7) is 6.67. The number of ketones is 1. The molecule has 6 nitrogen and oxygen atoms in total. The van der Waals surface area contributed by atoms with Gasteiger partial charge in [0.25, 0.3) is 0 Å². The number of rotatable bonds is 1. The molecule has 0 heterocycles. The molecule has 2 fully saturated rings. The van der Waals surface area contributed by atoms with Gasteiger partial charge in [0.1, 0.15) is 5.78 Å². The monoisotopic (exact) mass is 281 g/mol. The van der Waals surface area contributed by atoms with Gasteiger partial charge in [-0.15, -0.1) is 0 Å². The predicted molar refractivity (Wildman–Crippen MR) is 66.9 cm³/mol. The van der Waals surface area contributed by atoms with Gasteiger partial charge in [0.15, 0.2) is 0 Å². The minimum atomic E-state index is -4.41. The van der Waals surface area contributed by atoms with Crippen molar-refractivity contribution in [3.05, 3.63) is 0 Å². The van der Waals surface area contributed by atoms with Crippen LogP contribution in [0.5, 0.6) is 0 Å². The highest BCUT2D eigenvalue weighted by Gasteiger charge is 2.61. The molecule has 0 aromatic carbocycles. The fraction of sp³-hybridized carbons (Fsp3) is 0.909. The van der Waals surface area contributed by atoms with Gasteiger partial charge >= 0.3 is 0 Å². The second-order valence-electron chi connectivity index (χ2n) is 5.49. The Hall–Kier alpha value is -0.500. The average molecular weight is 281 g/mol. The van der Waals surface area contributed by atoms with Crippen LogP contribution in [0.1, 0.15) is 40.0 Å². The van der Waals surface area contributed by atoms with Gasteiger partial charge in [0.2, 0.25) is 10.4 Å². The predicted octanol–water partition coefficient (Wildman–Crippen LogP) is 1.87. The Morgan fingerprint density at radius 3 is 1.89 bits per heavy atom. The summed E-state index contributed by atoms with van der Waals surface area (Å²) in [6.07, 6.45) is 3.25. The second-order valence-corrected chi connectivity index (χ2v) is 6.64. The van der Waals surface area contributed by atoms with E-state index in [1.165, 1.54) is 6.42 Å². The van der Waals surface area contributed by atoms with E-state index in [1.807, 2.05) is 0 Å². The van der Waals surface area contributed by atoms with E-state index in [4.69, 9.17) is 0 Å². The lowest BCUT2D eigenvalue weighted by Crippen LogP contribution is -2.32. The minimum Gasteiger partial charge on any atom is -0.726 e. The van der Waals surface area contributed by atoms with Gasteiger partial charge in [0, 0.05) is 11.8 Å². The molecule has 4 N–H and O–H groups in total. The quantitative estimate of drug-likeness (QED) is 0.581. The molecule has 2 unspecified atom stereocenters. The van der Waals surface area contributed by atoms with Gasteiger partial charge in [-0.2, -0.15) is 0 Å². The van der Waals surface area contributed by atoms with Crippen molar-refractivity contribution in [3.63, 3.8) is 0 Å². The minimum absolute atomic E-state index is 0. The molecule has 2 rings (SSSR count). The highest BCUT2D eigenvalue weighted by Crippen LogP contribution is 2.63. The summed E-state index contributed by atoms with van der Waals surface area (Å²) in [7, 11) is -3.60. The van der Waals surface area contributed by atoms with Gasteiger partial charge in [-0.25, -0.2) is 8.42 Å². The van der Waals surface area contributed by atoms with Crippen LogP contribution < -0.4 is 6.15 Å². The molecule has 0 aromatic heterocycles. The van der Waals surface area contributed by atoms with E-state index in [-0.39, 0.29) is 17.0 Å². The van der Waals surface area contributed by atoms with Crippen molar-refractivity contribution in [1.29, 1.82) is 0 Å². The first-order valence-electron chi connectivity index (χ1n) is 5.59. The Morgan fingerprint density at radius 2 is 1.78 bits per heavy atom. The molecule has 2 atom stereocenters. The summed E-state index contributed by atoms with van der Waals surface area (Å²) in [5.74, 6) is 1.19. The van der Waals surface area contributed by atoms with Crippen LogP contribution >= 0.6 is 0 Å². The molecule has 0 saturated heterocycles. The number of hydrogen-bond acceptors (Lipinski definition) is 5. The molecule has 0 amide bonds. The zero-order valence-corrected chi connectivity index (χ0v) is 12.5.